The molecule has 0 radical (unpaired) electrons. The van der Waals surface area contributed by atoms with Crippen molar-refractivity contribution >= 4 is 23.1 Å². The summed E-state index contributed by atoms with van der Waals surface area (Å²) >= 11 is 0. The second-order valence-corrected chi connectivity index (χ2v) is 5.98. The van der Waals surface area contributed by atoms with Gasteiger partial charge >= 0.3 is 0 Å². The summed E-state index contributed by atoms with van der Waals surface area (Å²) < 4.78 is 0. The molecule has 2 aliphatic carbocycles. The summed E-state index contributed by atoms with van der Waals surface area (Å²) in [7, 11) is 0. The number of benzene rings is 2. The first-order chi connectivity index (χ1) is 11.0. The number of ketones is 4. The molecule has 2 aromatic rings. The summed E-state index contributed by atoms with van der Waals surface area (Å²) in [4.78, 5) is 46.9. The summed E-state index contributed by atoms with van der Waals surface area (Å²) in [6.07, 6.45) is 0.450. The highest BCUT2D eigenvalue weighted by Crippen LogP contribution is 2.26. The Morgan fingerprint density at radius 1 is 0.565 bits per heavy atom. The van der Waals surface area contributed by atoms with E-state index in [1.807, 2.05) is 12.1 Å². The van der Waals surface area contributed by atoms with E-state index in [1.165, 1.54) is 0 Å². The fourth-order valence-corrected chi connectivity index (χ4v) is 3.26. The highest BCUT2D eigenvalue weighted by atomic mass is 16.2. The first-order valence-corrected chi connectivity index (χ1v) is 7.41. The molecule has 0 fully saturated rings. The maximum atomic E-state index is 11.8. The number of carbonyl (C=O) groups is 4. The topological polar surface area (TPSA) is 68.3 Å². The van der Waals surface area contributed by atoms with Crippen LogP contribution in [0.25, 0.3) is 0 Å². The molecule has 0 N–H and O–H groups in total. The highest BCUT2D eigenvalue weighted by molar-refractivity contribution is 6.25. The quantitative estimate of drug-likeness (QED) is 0.800. The molecule has 23 heavy (non-hydrogen) atoms. The van der Waals surface area contributed by atoms with E-state index in [0.717, 1.165) is 11.1 Å². The summed E-state index contributed by atoms with van der Waals surface area (Å²) in [6, 6.07) is 10.6. The summed E-state index contributed by atoms with van der Waals surface area (Å²) in [5.74, 6) is -0.528. The van der Waals surface area contributed by atoms with Crippen molar-refractivity contribution in [2.24, 2.45) is 0 Å². The van der Waals surface area contributed by atoms with E-state index < -0.39 is 0 Å². The monoisotopic (exact) mass is 304 g/mol. The lowest BCUT2D eigenvalue weighted by molar-refractivity contribution is 0.0906. The van der Waals surface area contributed by atoms with Crippen LogP contribution in [0.4, 0.5) is 0 Å². The van der Waals surface area contributed by atoms with Gasteiger partial charge in [0.15, 0.2) is 23.1 Å². The van der Waals surface area contributed by atoms with Gasteiger partial charge in [0, 0.05) is 22.3 Å². The molecule has 0 amide bonds. The molecule has 0 saturated heterocycles. The maximum absolute atomic E-state index is 11.8. The Balaban J connectivity index is 1.68. The van der Waals surface area contributed by atoms with Crippen molar-refractivity contribution < 1.29 is 19.2 Å². The van der Waals surface area contributed by atoms with E-state index in [-0.39, 0.29) is 36.0 Å². The minimum absolute atomic E-state index is 0.0474. The van der Waals surface area contributed by atoms with Crippen LogP contribution < -0.4 is 0 Å². The van der Waals surface area contributed by atoms with Crippen molar-refractivity contribution in [3.8, 4) is 0 Å². The minimum Gasteiger partial charge on any atom is -0.294 e. The Morgan fingerprint density at radius 3 is 1.39 bits per heavy atom. The molecular weight excluding hydrogens is 292 g/mol. The Kier molecular flexibility index (Phi) is 2.88. The zero-order valence-electron chi connectivity index (χ0n) is 12.2. The third-order valence-electron chi connectivity index (χ3n) is 4.42. The molecule has 0 saturated carbocycles. The molecule has 2 aromatic carbocycles. The van der Waals surface area contributed by atoms with E-state index in [9.17, 15) is 19.2 Å². The maximum Gasteiger partial charge on any atom is 0.171 e. The number of hydrogen-bond acceptors (Lipinski definition) is 4. The van der Waals surface area contributed by atoms with Crippen LogP contribution in [0.5, 0.6) is 0 Å². The molecule has 112 valence electrons. The molecule has 4 rings (SSSR count). The molecule has 4 nitrogen and oxygen atoms in total. The first kappa shape index (κ1) is 13.8. The Bertz CT molecular complexity index is 845. The van der Waals surface area contributed by atoms with Gasteiger partial charge in [-0.2, -0.15) is 0 Å². The normalized spacial score (nSPS) is 16.0. The largest absolute Gasteiger partial charge is 0.294 e. The Labute approximate surface area is 132 Å². The van der Waals surface area contributed by atoms with Gasteiger partial charge in [0.25, 0.3) is 0 Å². The van der Waals surface area contributed by atoms with Gasteiger partial charge in [-0.25, -0.2) is 0 Å². The molecule has 0 spiro atoms. The van der Waals surface area contributed by atoms with Crippen molar-refractivity contribution in [2.75, 3.05) is 0 Å². The van der Waals surface area contributed by atoms with E-state index in [0.29, 0.717) is 28.7 Å². The van der Waals surface area contributed by atoms with Crippen LogP contribution in [-0.2, 0) is 6.42 Å². The van der Waals surface area contributed by atoms with Crippen LogP contribution in [0.3, 0.4) is 0 Å². The van der Waals surface area contributed by atoms with Gasteiger partial charge in [-0.05, 0) is 29.7 Å². The van der Waals surface area contributed by atoms with Crippen LogP contribution in [0, 0.1) is 0 Å². The lowest BCUT2D eigenvalue weighted by atomic mass is 9.97. The standard InChI is InChI=1S/C19H12O4/c20-16-8-18(22)14-6-10(1-3-12(14)16)5-11-2-4-13-15(7-11)19(23)9-17(13)21/h1-4,6-7H,5,8-9H2. The van der Waals surface area contributed by atoms with Crippen molar-refractivity contribution in [1.29, 1.82) is 0 Å². The Morgan fingerprint density at radius 2 is 0.957 bits per heavy atom. The minimum atomic E-state index is -0.137. The zero-order chi connectivity index (χ0) is 16.1. The SMILES string of the molecule is O=C1CC(=O)c2cc(Cc3ccc4c(c3)C(=O)CC4=O)ccc21. The van der Waals surface area contributed by atoms with E-state index in [1.54, 1.807) is 24.3 Å². The fourth-order valence-electron chi connectivity index (χ4n) is 3.26. The molecule has 0 unspecified atom stereocenters. The Hall–Kier alpha value is -2.88. The number of Topliss-reactive ketones (excluding diaryl/α,β-unsaturated/α-hetero) is 4. The second kappa shape index (κ2) is 4.81. The zero-order valence-corrected chi connectivity index (χ0v) is 12.2. The van der Waals surface area contributed by atoms with Gasteiger partial charge in [0.1, 0.15) is 0 Å². The number of hydrogen-bond donors (Lipinski definition) is 0. The van der Waals surface area contributed by atoms with Crippen LogP contribution in [0.15, 0.2) is 36.4 Å². The number of rotatable bonds is 2. The average Bonchev–Trinajstić information content (AvgIpc) is 2.96. The van der Waals surface area contributed by atoms with Gasteiger partial charge in [-0.3, -0.25) is 19.2 Å². The van der Waals surface area contributed by atoms with Crippen LogP contribution in [-0.4, -0.2) is 23.1 Å². The van der Waals surface area contributed by atoms with Crippen LogP contribution in [0.1, 0.15) is 65.4 Å². The summed E-state index contributed by atoms with van der Waals surface area (Å²) in [5, 5.41) is 0. The molecular formula is C19H12O4. The van der Waals surface area contributed by atoms with Crippen LogP contribution in [0.2, 0.25) is 0 Å². The van der Waals surface area contributed by atoms with Crippen molar-refractivity contribution in [3.05, 3.63) is 69.8 Å². The third kappa shape index (κ3) is 2.14. The molecule has 0 aromatic heterocycles. The predicted molar refractivity (Wildman–Crippen MR) is 82.2 cm³/mol. The first-order valence-electron chi connectivity index (χ1n) is 7.41. The van der Waals surface area contributed by atoms with E-state index in [2.05, 4.69) is 0 Å². The van der Waals surface area contributed by atoms with Crippen LogP contribution >= 0.6 is 0 Å². The fraction of sp³-hybridized carbons (Fsp3) is 0.158. The molecule has 0 heterocycles. The second-order valence-electron chi connectivity index (χ2n) is 5.98. The lowest BCUT2D eigenvalue weighted by Gasteiger charge is -2.06. The molecule has 0 bridgehead atoms. The van der Waals surface area contributed by atoms with Crippen molar-refractivity contribution in [3.63, 3.8) is 0 Å². The van der Waals surface area contributed by atoms with Gasteiger partial charge in [0.2, 0.25) is 0 Å². The smallest absolute Gasteiger partial charge is 0.171 e. The van der Waals surface area contributed by atoms with E-state index in [4.69, 9.17) is 0 Å². The van der Waals surface area contributed by atoms with Gasteiger partial charge in [-0.1, -0.05) is 24.3 Å². The number of fused-ring (bicyclic) bond motifs is 2. The van der Waals surface area contributed by atoms with Gasteiger partial charge < -0.3 is 0 Å². The molecule has 0 atom stereocenters. The molecule has 2 aliphatic rings. The summed E-state index contributed by atoms with van der Waals surface area (Å²) in [6.45, 7) is 0. The van der Waals surface area contributed by atoms with E-state index >= 15 is 0 Å². The lowest BCUT2D eigenvalue weighted by Crippen LogP contribution is -1.97. The average molecular weight is 304 g/mol. The highest BCUT2D eigenvalue weighted by Gasteiger charge is 2.28. The number of carbonyl (C=O) groups excluding carboxylic acids is 4. The van der Waals surface area contributed by atoms with Gasteiger partial charge in [-0.15, -0.1) is 0 Å². The predicted octanol–water partition coefficient (Wildman–Crippen LogP) is 2.82. The van der Waals surface area contributed by atoms with Crippen molar-refractivity contribution in [2.45, 2.75) is 19.3 Å². The van der Waals surface area contributed by atoms with Crippen molar-refractivity contribution in [1.82, 2.24) is 0 Å². The molecule has 4 heteroatoms. The summed E-state index contributed by atoms with van der Waals surface area (Å²) in [5.41, 5.74) is 3.77. The van der Waals surface area contributed by atoms with Gasteiger partial charge in [0.05, 0.1) is 12.8 Å². The third-order valence-corrected chi connectivity index (χ3v) is 4.42. The molecule has 0 aliphatic heterocycles.